The van der Waals surface area contributed by atoms with Crippen LogP contribution in [0.5, 0.6) is 5.75 Å². The van der Waals surface area contributed by atoms with E-state index in [0.29, 0.717) is 18.8 Å². The van der Waals surface area contributed by atoms with Gasteiger partial charge in [-0.2, -0.15) is 0 Å². The molecule has 0 amide bonds. The fourth-order valence-corrected chi connectivity index (χ4v) is 2.81. The Balaban J connectivity index is 1.85. The standard InChI is InChI=1S/C16H18O3S/c1-2-15(16(17)18)20-10-9-19-14-8-7-12-5-3-4-6-13(12)11-14/h3-8,11,15H,2,9-10H2,1H3,(H,17,18). The van der Waals surface area contributed by atoms with Crippen molar-refractivity contribution >= 4 is 28.5 Å². The van der Waals surface area contributed by atoms with E-state index in [2.05, 4.69) is 12.1 Å². The molecule has 0 bridgehead atoms. The molecule has 0 radical (unpaired) electrons. The number of benzene rings is 2. The number of fused-ring (bicyclic) bond motifs is 1. The summed E-state index contributed by atoms with van der Waals surface area (Å²) in [6, 6.07) is 14.1. The molecule has 106 valence electrons. The van der Waals surface area contributed by atoms with Crippen molar-refractivity contribution in [3.63, 3.8) is 0 Å². The highest BCUT2D eigenvalue weighted by atomic mass is 32.2. The van der Waals surface area contributed by atoms with Crippen molar-refractivity contribution < 1.29 is 14.6 Å². The lowest BCUT2D eigenvalue weighted by atomic mass is 10.1. The van der Waals surface area contributed by atoms with Crippen molar-refractivity contribution in [2.75, 3.05) is 12.4 Å². The molecule has 2 rings (SSSR count). The van der Waals surface area contributed by atoms with Crippen LogP contribution in [0.1, 0.15) is 13.3 Å². The predicted octanol–water partition coefficient (Wildman–Crippen LogP) is 3.82. The van der Waals surface area contributed by atoms with E-state index >= 15 is 0 Å². The monoisotopic (exact) mass is 290 g/mol. The normalized spacial score (nSPS) is 12.2. The summed E-state index contributed by atoms with van der Waals surface area (Å²) in [5, 5.41) is 10.9. The van der Waals surface area contributed by atoms with E-state index in [-0.39, 0.29) is 5.25 Å². The zero-order valence-corrected chi connectivity index (χ0v) is 12.2. The highest BCUT2D eigenvalue weighted by molar-refractivity contribution is 8.00. The molecule has 0 aliphatic rings. The Bertz CT molecular complexity index is 583. The Morgan fingerprint density at radius 3 is 2.70 bits per heavy atom. The lowest BCUT2D eigenvalue weighted by molar-refractivity contribution is -0.136. The SMILES string of the molecule is CCC(SCCOc1ccc2ccccc2c1)C(=O)O. The van der Waals surface area contributed by atoms with Gasteiger partial charge in [-0.3, -0.25) is 4.79 Å². The minimum Gasteiger partial charge on any atom is -0.493 e. The predicted molar refractivity (Wildman–Crippen MR) is 83.6 cm³/mol. The molecule has 1 atom stereocenters. The van der Waals surface area contributed by atoms with E-state index in [4.69, 9.17) is 9.84 Å². The number of hydrogen-bond acceptors (Lipinski definition) is 3. The van der Waals surface area contributed by atoms with Gasteiger partial charge in [-0.25, -0.2) is 0 Å². The molecule has 1 N–H and O–H groups in total. The van der Waals surface area contributed by atoms with E-state index in [1.165, 1.54) is 17.1 Å². The zero-order valence-electron chi connectivity index (χ0n) is 11.4. The van der Waals surface area contributed by atoms with Gasteiger partial charge in [-0.05, 0) is 29.3 Å². The Labute approximate surface area is 122 Å². The summed E-state index contributed by atoms with van der Waals surface area (Å²) in [5.41, 5.74) is 0. The summed E-state index contributed by atoms with van der Waals surface area (Å²) in [7, 11) is 0. The van der Waals surface area contributed by atoms with E-state index in [9.17, 15) is 4.79 Å². The molecule has 2 aromatic rings. The summed E-state index contributed by atoms with van der Waals surface area (Å²) in [6.45, 7) is 2.41. The number of rotatable bonds is 7. The fourth-order valence-electron chi connectivity index (χ4n) is 1.97. The lowest BCUT2D eigenvalue weighted by Gasteiger charge is -2.10. The van der Waals surface area contributed by atoms with E-state index in [1.54, 1.807) is 0 Å². The number of ether oxygens (including phenoxy) is 1. The molecule has 0 aliphatic heterocycles. The quantitative estimate of drug-likeness (QED) is 0.788. The first kappa shape index (κ1) is 14.7. The molecular formula is C16H18O3S. The Kier molecular flexibility index (Phi) is 5.30. The van der Waals surface area contributed by atoms with Gasteiger partial charge in [0, 0.05) is 5.75 Å². The number of hydrogen-bond donors (Lipinski definition) is 1. The van der Waals surface area contributed by atoms with Crippen LogP contribution in [0.3, 0.4) is 0 Å². The van der Waals surface area contributed by atoms with Gasteiger partial charge in [0.15, 0.2) is 0 Å². The van der Waals surface area contributed by atoms with Crippen LogP contribution in [0.15, 0.2) is 42.5 Å². The number of aliphatic carboxylic acids is 1. The van der Waals surface area contributed by atoms with Gasteiger partial charge >= 0.3 is 5.97 Å². The van der Waals surface area contributed by atoms with Crippen molar-refractivity contribution in [2.24, 2.45) is 0 Å². The molecule has 0 heterocycles. The largest absolute Gasteiger partial charge is 0.493 e. The first-order chi connectivity index (χ1) is 9.70. The van der Waals surface area contributed by atoms with Crippen LogP contribution in [0.2, 0.25) is 0 Å². The van der Waals surface area contributed by atoms with E-state index < -0.39 is 5.97 Å². The van der Waals surface area contributed by atoms with Gasteiger partial charge in [0.1, 0.15) is 11.0 Å². The molecule has 0 aromatic heterocycles. The number of carboxylic acids is 1. The maximum Gasteiger partial charge on any atom is 0.316 e. The van der Waals surface area contributed by atoms with Gasteiger partial charge in [0.25, 0.3) is 0 Å². The van der Waals surface area contributed by atoms with Gasteiger partial charge in [0.05, 0.1) is 6.61 Å². The minimum absolute atomic E-state index is 0.338. The second-order valence-electron chi connectivity index (χ2n) is 4.46. The third kappa shape index (κ3) is 3.90. The second kappa shape index (κ2) is 7.20. The first-order valence-corrected chi connectivity index (χ1v) is 7.71. The summed E-state index contributed by atoms with van der Waals surface area (Å²) in [5.74, 6) is 0.758. The third-order valence-electron chi connectivity index (χ3n) is 3.04. The maximum absolute atomic E-state index is 10.9. The Morgan fingerprint density at radius 2 is 2.00 bits per heavy atom. The summed E-state index contributed by atoms with van der Waals surface area (Å²) in [4.78, 5) is 10.9. The number of carbonyl (C=O) groups is 1. The maximum atomic E-state index is 10.9. The molecule has 3 nitrogen and oxygen atoms in total. The van der Waals surface area contributed by atoms with Crippen LogP contribution in [0, 0.1) is 0 Å². The molecule has 0 saturated carbocycles. The molecule has 1 unspecified atom stereocenters. The highest BCUT2D eigenvalue weighted by Gasteiger charge is 2.14. The molecule has 2 aromatic carbocycles. The van der Waals surface area contributed by atoms with Crippen LogP contribution in [0.25, 0.3) is 10.8 Å². The molecule has 0 saturated heterocycles. The molecular weight excluding hydrogens is 272 g/mol. The highest BCUT2D eigenvalue weighted by Crippen LogP contribution is 2.21. The summed E-state index contributed by atoms with van der Waals surface area (Å²) in [6.07, 6.45) is 0.635. The molecule has 0 aliphatic carbocycles. The average molecular weight is 290 g/mol. The van der Waals surface area contributed by atoms with Crippen molar-refractivity contribution in [1.29, 1.82) is 0 Å². The first-order valence-electron chi connectivity index (χ1n) is 6.66. The minimum atomic E-state index is -0.747. The van der Waals surface area contributed by atoms with Crippen molar-refractivity contribution in [2.45, 2.75) is 18.6 Å². The molecule has 0 fully saturated rings. The number of thioether (sulfide) groups is 1. The van der Waals surface area contributed by atoms with E-state index in [1.807, 2.05) is 37.3 Å². The zero-order chi connectivity index (χ0) is 14.4. The van der Waals surface area contributed by atoms with Crippen LogP contribution in [-0.2, 0) is 4.79 Å². The van der Waals surface area contributed by atoms with Gasteiger partial charge in [0.2, 0.25) is 0 Å². The van der Waals surface area contributed by atoms with Gasteiger partial charge in [-0.15, -0.1) is 11.8 Å². The Morgan fingerprint density at radius 1 is 1.25 bits per heavy atom. The fraction of sp³-hybridized carbons (Fsp3) is 0.312. The molecule has 4 heteroatoms. The van der Waals surface area contributed by atoms with Gasteiger partial charge in [-0.1, -0.05) is 37.3 Å². The van der Waals surface area contributed by atoms with E-state index in [0.717, 1.165) is 11.1 Å². The van der Waals surface area contributed by atoms with Gasteiger partial charge < -0.3 is 9.84 Å². The van der Waals surface area contributed by atoms with Crippen LogP contribution in [-0.4, -0.2) is 28.7 Å². The average Bonchev–Trinajstić information content (AvgIpc) is 2.46. The van der Waals surface area contributed by atoms with Crippen LogP contribution >= 0.6 is 11.8 Å². The summed E-state index contributed by atoms with van der Waals surface area (Å²) >= 11 is 1.43. The summed E-state index contributed by atoms with van der Waals surface area (Å²) < 4.78 is 5.67. The smallest absolute Gasteiger partial charge is 0.316 e. The molecule has 20 heavy (non-hydrogen) atoms. The molecule has 0 spiro atoms. The second-order valence-corrected chi connectivity index (χ2v) is 5.77. The lowest BCUT2D eigenvalue weighted by Crippen LogP contribution is -2.16. The van der Waals surface area contributed by atoms with Crippen molar-refractivity contribution in [1.82, 2.24) is 0 Å². The van der Waals surface area contributed by atoms with Crippen molar-refractivity contribution in [3.8, 4) is 5.75 Å². The topological polar surface area (TPSA) is 46.5 Å². The third-order valence-corrected chi connectivity index (χ3v) is 4.38. The van der Waals surface area contributed by atoms with Crippen LogP contribution < -0.4 is 4.74 Å². The Hall–Kier alpha value is -1.68. The number of carboxylic acid groups (broad SMARTS) is 1. The van der Waals surface area contributed by atoms with Crippen LogP contribution in [0.4, 0.5) is 0 Å². The van der Waals surface area contributed by atoms with Crippen molar-refractivity contribution in [3.05, 3.63) is 42.5 Å².